The first-order valence-electron chi connectivity index (χ1n) is 6.34. The van der Waals surface area contributed by atoms with Gasteiger partial charge in [-0.15, -0.1) is 11.6 Å². The average molecular weight is 287 g/mol. The molecule has 3 heteroatoms. The largest absolute Gasteiger partial charge is 0.492 e. The van der Waals surface area contributed by atoms with Crippen molar-refractivity contribution in [2.75, 3.05) is 18.2 Å². The summed E-state index contributed by atoms with van der Waals surface area (Å²) < 4.78 is 5.77. The van der Waals surface area contributed by atoms with E-state index in [1.807, 2.05) is 11.8 Å². The zero-order chi connectivity index (χ0) is 13.6. The number of rotatable bonds is 6. The van der Waals surface area contributed by atoms with Crippen LogP contribution in [0.1, 0.15) is 33.3 Å². The lowest BCUT2D eigenvalue weighted by Gasteiger charge is -2.19. The molecule has 0 aliphatic heterocycles. The Bertz CT molecular complexity index is 343. The van der Waals surface area contributed by atoms with Crippen LogP contribution in [0.4, 0.5) is 0 Å². The summed E-state index contributed by atoms with van der Waals surface area (Å²) in [5.41, 5.74) is 1.53. The van der Waals surface area contributed by atoms with E-state index in [1.54, 1.807) is 0 Å². The molecular formula is C15H23ClOS. The summed E-state index contributed by atoms with van der Waals surface area (Å²) >= 11 is 7.51. The van der Waals surface area contributed by atoms with Crippen molar-refractivity contribution in [3.8, 4) is 5.75 Å². The predicted molar refractivity (Wildman–Crippen MR) is 83.3 cm³/mol. The van der Waals surface area contributed by atoms with Crippen LogP contribution in [0.2, 0.25) is 0 Å². The Morgan fingerprint density at radius 3 is 2.33 bits per heavy atom. The van der Waals surface area contributed by atoms with Crippen LogP contribution in [0, 0.1) is 0 Å². The quantitative estimate of drug-likeness (QED) is 0.700. The topological polar surface area (TPSA) is 9.23 Å². The van der Waals surface area contributed by atoms with Crippen LogP contribution < -0.4 is 4.74 Å². The molecule has 0 aromatic heterocycles. The van der Waals surface area contributed by atoms with Gasteiger partial charge in [-0.25, -0.2) is 0 Å². The first-order chi connectivity index (χ1) is 8.43. The Morgan fingerprint density at radius 2 is 1.83 bits per heavy atom. The maximum Gasteiger partial charge on any atom is 0.119 e. The van der Waals surface area contributed by atoms with Crippen molar-refractivity contribution >= 4 is 23.4 Å². The highest BCUT2D eigenvalue weighted by molar-refractivity contribution is 7.99. The van der Waals surface area contributed by atoms with Crippen molar-refractivity contribution in [1.29, 1.82) is 0 Å². The summed E-state index contributed by atoms with van der Waals surface area (Å²) in [6.45, 7) is 9.55. The first kappa shape index (κ1) is 15.7. The first-order valence-corrected chi connectivity index (χ1v) is 7.92. The highest BCUT2D eigenvalue weighted by Crippen LogP contribution is 2.24. The van der Waals surface area contributed by atoms with E-state index >= 15 is 0 Å². The molecule has 1 atom stereocenters. The molecule has 18 heavy (non-hydrogen) atoms. The zero-order valence-electron chi connectivity index (χ0n) is 11.7. The lowest BCUT2D eigenvalue weighted by atomic mass is 9.87. The molecule has 0 bridgehead atoms. The van der Waals surface area contributed by atoms with Gasteiger partial charge in [0.05, 0.1) is 6.61 Å². The summed E-state index contributed by atoms with van der Waals surface area (Å²) in [5, 5.41) is 0.478. The number of halogens is 1. The Hall–Kier alpha value is -0.340. The molecule has 0 aliphatic carbocycles. The molecular weight excluding hydrogens is 264 g/mol. The van der Waals surface area contributed by atoms with Gasteiger partial charge in [0.25, 0.3) is 0 Å². The monoisotopic (exact) mass is 286 g/mol. The van der Waals surface area contributed by atoms with Crippen molar-refractivity contribution in [2.24, 2.45) is 0 Å². The van der Waals surface area contributed by atoms with Gasteiger partial charge in [-0.3, -0.25) is 0 Å². The van der Waals surface area contributed by atoms with Gasteiger partial charge < -0.3 is 4.74 Å². The molecule has 0 amide bonds. The van der Waals surface area contributed by atoms with Gasteiger partial charge in [-0.2, -0.15) is 11.8 Å². The SMILES string of the molecule is CC(COc1ccc(C(C)(C)C)cc1)SCCCl. The Kier molecular flexibility index (Phi) is 6.37. The maximum absolute atomic E-state index is 5.77. The number of thioether (sulfide) groups is 1. The number of ether oxygens (including phenoxy) is 1. The van der Waals surface area contributed by atoms with E-state index in [0.29, 0.717) is 11.1 Å². The molecule has 0 radical (unpaired) electrons. The van der Waals surface area contributed by atoms with Gasteiger partial charge >= 0.3 is 0 Å². The molecule has 1 rings (SSSR count). The van der Waals surface area contributed by atoms with Crippen LogP contribution in [0.5, 0.6) is 5.75 Å². The summed E-state index contributed by atoms with van der Waals surface area (Å²) in [7, 11) is 0. The van der Waals surface area contributed by atoms with Crippen molar-refractivity contribution in [1.82, 2.24) is 0 Å². The average Bonchev–Trinajstić information content (AvgIpc) is 2.33. The van der Waals surface area contributed by atoms with E-state index in [2.05, 4.69) is 52.0 Å². The molecule has 0 heterocycles. The molecule has 1 aromatic rings. The van der Waals surface area contributed by atoms with E-state index in [0.717, 1.165) is 18.1 Å². The van der Waals surface area contributed by atoms with Crippen molar-refractivity contribution in [3.63, 3.8) is 0 Å². The molecule has 0 saturated carbocycles. The second kappa shape index (κ2) is 7.30. The van der Waals surface area contributed by atoms with Crippen molar-refractivity contribution in [3.05, 3.63) is 29.8 Å². The third-order valence-corrected chi connectivity index (χ3v) is 4.24. The molecule has 0 fully saturated rings. The fourth-order valence-corrected chi connectivity index (χ4v) is 2.48. The smallest absolute Gasteiger partial charge is 0.119 e. The number of hydrogen-bond donors (Lipinski definition) is 0. The molecule has 0 saturated heterocycles. The van der Waals surface area contributed by atoms with Crippen LogP contribution in [-0.2, 0) is 5.41 Å². The predicted octanol–water partition coefficient (Wildman–Crippen LogP) is 4.72. The van der Waals surface area contributed by atoms with E-state index in [-0.39, 0.29) is 5.41 Å². The van der Waals surface area contributed by atoms with Crippen LogP contribution in [0.15, 0.2) is 24.3 Å². The van der Waals surface area contributed by atoms with E-state index in [1.165, 1.54) is 5.56 Å². The minimum absolute atomic E-state index is 0.196. The van der Waals surface area contributed by atoms with E-state index in [4.69, 9.17) is 16.3 Å². The second-order valence-electron chi connectivity index (χ2n) is 5.46. The van der Waals surface area contributed by atoms with E-state index in [9.17, 15) is 0 Å². The van der Waals surface area contributed by atoms with Crippen LogP contribution in [0.25, 0.3) is 0 Å². The van der Waals surface area contributed by atoms with Crippen molar-refractivity contribution < 1.29 is 4.74 Å². The van der Waals surface area contributed by atoms with Crippen molar-refractivity contribution in [2.45, 2.75) is 38.4 Å². The number of alkyl halides is 1. The summed E-state index contributed by atoms with van der Waals surface area (Å²) in [5.74, 6) is 2.63. The zero-order valence-corrected chi connectivity index (χ0v) is 13.3. The van der Waals surface area contributed by atoms with Crippen LogP contribution >= 0.6 is 23.4 Å². The standard InChI is InChI=1S/C15H23ClOS/c1-12(18-10-9-16)11-17-14-7-5-13(6-8-14)15(2,3)4/h5-8,12H,9-11H2,1-4H3. The third kappa shape index (κ3) is 5.53. The van der Waals surface area contributed by atoms with Crippen LogP contribution in [0.3, 0.4) is 0 Å². The number of hydrogen-bond acceptors (Lipinski definition) is 2. The molecule has 1 aromatic carbocycles. The normalized spacial score (nSPS) is 13.4. The van der Waals surface area contributed by atoms with Gasteiger partial charge in [0.2, 0.25) is 0 Å². The van der Waals surface area contributed by atoms with E-state index < -0.39 is 0 Å². The Labute approximate surface area is 120 Å². The minimum Gasteiger partial charge on any atom is -0.492 e. The minimum atomic E-state index is 0.196. The summed E-state index contributed by atoms with van der Waals surface area (Å²) in [6, 6.07) is 8.40. The fourth-order valence-electron chi connectivity index (χ4n) is 1.56. The lowest BCUT2D eigenvalue weighted by Crippen LogP contribution is -2.12. The Morgan fingerprint density at radius 1 is 1.22 bits per heavy atom. The number of benzene rings is 1. The molecule has 102 valence electrons. The molecule has 0 aliphatic rings. The van der Waals surface area contributed by atoms with Gasteiger partial charge in [0.1, 0.15) is 5.75 Å². The third-order valence-electron chi connectivity index (χ3n) is 2.68. The molecule has 0 spiro atoms. The molecule has 0 N–H and O–H groups in total. The van der Waals surface area contributed by atoms with Crippen LogP contribution in [-0.4, -0.2) is 23.5 Å². The van der Waals surface area contributed by atoms with Gasteiger partial charge in [0.15, 0.2) is 0 Å². The van der Waals surface area contributed by atoms with Gasteiger partial charge in [-0.1, -0.05) is 32.9 Å². The molecule has 1 unspecified atom stereocenters. The highest BCUT2D eigenvalue weighted by atomic mass is 35.5. The summed E-state index contributed by atoms with van der Waals surface area (Å²) in [6.07, 6.45) is 0. The fraction of sp³-hybridized carbons (Fsp3) is 0.600. The van der Waals surface area contributed by atoms with Gasteiger partial charge in [-0.05, 0) is 30.0 Å². The molecule has 1 nitrogen and oxygen atoms in total. The second-order valence-corrected chi connectivity index (χ2v) is 7.38. The maximum atomic E-state index is 5.77. The summed E-state index contributed by atoms with van der Waals surface area (Å²) in [4.78, 5) is 0. The van der Waals surface area contributed by atoms with Gasteiger partial charge in [0, 0.05) is 16.9 Å². The lowest BCUT2D eigenvalue weighted by molar-refractivity contribution is 0.322. The highest BCUT2D eigenvalue weighted by Gasteiger charge is 2.13. The Balaban J connectivity index is 2.44.